The van der Waals surface area contributed by atoms with Crippen LogP contribution in [0.3, 0.4) is 0 Å². The maximum Gasteiger partial charge on any atom is 0.262 e. The van der Waals surface area contributed by atoms with E-state index in [1.54, 1.807) is 30.2 Å². The van der Waals surface area contributed by atoms with Crippen molar-refractivity contribution in [3.63, 3.8) is 0 Å². The number of anilines is 1. The Morgan fingerprint density at radius 3 is 2.36 bits per heavy atom. The van der Waals surface area contributed by atoms with Crippen molar-refractivity contribution in [1.29, 1.82) is 0 Å². The highest BCUT2D eigenvalue weighted by atomic mass is 32.2. The molecule has 22 heavy (non-hydrogen) atoms. The quantitative estimate of drug-likeness (QED) is 0.367. The molecule has 1 heterocycles. The van der Waals surface area contributed by atoms with Crippen molar-refractivity contribution in [2.75, 3.05) is 17.9 Å². The zero-order valence-corrected chi connectivity index (χ0v) is 13.9. The third-order valence-electron chi connectivity index (χ3n) is 2.68. The molecule has 0 saturated heterocycles. The molecule has 1 amide bonds. The zero-order chi connectivity index (χ0) is 15.8. The van der Waals surface area contributed by atoms with Gasteiger partial charge in [-0.05, 0) is 42.9 Å². The highest BCUT2D eigenvalue weighted by molar-refractivity contribution is 7.98. The van der Waals surface area contributed by atoms with E-state index in [0.29, 0.717) is 5.16 Å². The lowest BCUT2D eigenvalue weighted by atomic mass is 10.3. The maximum absolute atomic E-state index is 11.7. The Bertz CT molecular complexity index is 642. The Morgan fingerprint density at radius 2 is 1.77 bits per heavy atom. The van der Waals surface area contributed by atoms with Gasteiger partial charge in [-0.2, -0.15) is 0 Å². The number of benzene rings is 1. The Hall–Kier alpha value is -1.99. The Labute approximate surface area is 138 Å². The van der Waals surface area contributed by atoms with Crippen LogP contribution in [0.15, 0.2) is 52.8 Å². The first kappa shape index (κ1) is 16.4. The van der Waals surface area contributed by atoms with E-state index in [1.807, 2.05) is 36.8 Å². The molecule has 2 aromatic rings. The van der Waals surface area contributed by atoms with Gasteiger partial charge >= 0.3 is 0 Å². The van der Waals surface area contributed by atoms with Crippen LogP contribution in [-0.4, -0.2) is 28.4 Å². The van der Waals surface area contributed by atoms with Crippen LogP contribution in [0.5, 0.6) is 0 Å². The lowest BCUT2D eigenvalue weighted by Gasteiger charge is -2.06. The molecule has 114 valence electrons. The molecular weight excluding hydrogens is 316 g/mol. The number of hydrogen-bond acceptors (Lipinski definition) is 6. The molecule has 0 saturated carbocycles. The van der Waals surface area contributed by atoms with E-state index < -0.39 is 0 Å². The molecule has 2 rings (SSSR count). The van der Waals surface area contributed by atoms with E-state index in [4.69, 9.17) is 0 Å². The molecule has 0 atom stereocenters. The normalized spacial score (nSPS) is 10.6. The molecule has 0 radical (unpaired) electrons. The minimum atomic E-state index is -0.247. The van der Waals surface area contributed by atoms with Gasteiger partial charge in [-0.1, -0.05) is 11.8 Å². The SMILES string of the molecule is CSc1ccc(NNC(=O)/C=C/c2cnc(SC)nc2)cc1. The third kappa shape index (κ3) is 5.09. The number of amides is 1. The van der Waals surface area contributed by atoms with Crippen molar-refractivity contribution in [2.24, 2.45) is 0 Å². The highest BCUT2D eigenvalue weighted by Crippen LogP contribution is 2.16. The predicted molar refractivity (Wildman–Crippen MR) is 92.8 cm³/mol. The zero-order valence-electron chi connectivity index (χ0n) is 12.2. The number of nitrogens with one attached hydrogen (secondary N) is 2. The second-order valence-electron chi connectivity index (χ2n) is 4.18. The molecule has 2 N–H and O–H groups in total. The fourth-order valence-electron chi connectivity index (χ4n) is 1.54. The van der Waals surface area contributed by atoms with Gasteiger partial charge in [0.15, 0.2) is 5.16 Å². The number of hydrazine groups is 1. The van der Waals surface area contributed by atoms with Gasteiger partial charge in [0.25, 0.3) is 5.91 Å². The van der Waals surface area contributed by atoms with E-state index in [0.717, 1.165) is 11.3 Å². The topological polar surface area (TPSA) is 66.9 Å². The van der Waals surface area contributed by atoms with Crippen molar-refractivity contribution in [3.05, 3.63) is 48.3 Å². The number of aromatic nitrogens is 2. The molecule has 0 aliphatic heterocycles. The molecule has 0 aliphatic rings. The predicted octanol–water partition coefficient (Wildman–Crippen LogP) is 3.08. The van der Waals surface area contributed by atoms with Gasteiger partial charge < -0.3 is 0 Å². The van der Waals surface area contributed by atoms with Crippen LogP contribution >= 0.6 is 23.5 Å². The summed E-state index contributed by atoms with van der Waals surface area (Å²) in [5.74, 6) is -0.247. The molecule has 1 aromatic carbocycles. The van der Waals surface area contributed by atoms with Crippen molar-refractivity contribution in [1.82, 2.24) is 15.4 Å². The summed E-state index contributed by atoms with van der Waals surface area (Å²) in [6.07, 6.45) is 10.4. The smallest absolute Gasteiger partial charge is 0.262 e. The van der Waals surface area contributed by atoms with Gasteiger partial charge in [0.1, 0.15) is 0 Å². The van der Waals surface area contributed by atoms with Crippen molar-refractivity contribution >= 4 is 41.2 Å². The van der Waals surface area contributed by atoms with Crippen LogP contribution < -0.4 is 10.9 Å². The molecule has 0 spiro atoms. The average Bonchev–Trinajstić information content (AvgIpc) is 2.59. The fraction of sp³-hybridized carbons (Fsp3) is 0.133. The summed E-state index contributed by atoms with van der Waals surface area (Å²) in [7, 11) is 0. The summed E-state index contributed by atoms with van der Waals surface area (Å²) in [6, 6.07) is 7.79. The molecule has 0 unspecified atom stereocenters. The van der Waals surface area contributed by atoms with Crippen LogP contribution in [0.2, 0.25) is 0 Å². The van der Waals surface area contributed by atoms with E-state index >= 15 is 0 Å². The third-order valence-corrected chi connectivity index (χ3v) is 4.00. The first-order valence-electron chi connectivity index (χ1n) is 6.45. The highest BCUT2D eigenvalue weighted by Gasteiger charge is 1.97. The number of rotatable bonds is 6. The summed E-state index contributed by atoms with van der Waals surface area (Å²) in [5.41, 5.74) is 7.06. The Kier molecular flexibility index (Phi) is 6.29. The summed E-state index contributed by atoms with van der Waals surface area (Å²) in [5, 5.41) is 0.706. The summed E-state index contributed by atoms with van der Waals surface area (Å²) < 4.78 is 0. The van der Waals surface area contributed by atoms with Gasteiger partial charge in [-0.3, -0.25) is 15.6 Å². The molecular formula is C15H16N4OS2. The Balaban J connectivity index is 1.84. The van der Waals surface area contributed by atoms with Crippen molar-refractivity contribution < 1.29 is 4.79 Å². The number of carbonyl (C=O) groups is 1. The first-order chi connectivity index (χ1) is 10.7. The fourth-order valence-corrected chi connectivity index (χ4v) is 2.26. The first-order valence-corrected chi connectivity index (χ1v) is 8.90. The van der Waals surface area contributed by atoms with E-state index in [-0.39, 0.29) is 5.91 Å². The van der Waals surface area contributed by atoms with Crippen molar-refractivity contribution in [3.8, 4) is 0 Å². The maximum atomic E-state index is 11.7. The van der Waals surface area contributed by atoms with Crippen molar-refractivity contribution in [2.45, 2.75) is 10.1 Å². The number of hydrogen-bond donors (Lipinski definition) is 2. The molecule has 0 fully saturated rings. The van der Waals surface area contributed by atoms with Crippen LogP contribution in [0.1, 0.15) is 5.56 Å². The largest absolute Gasteiger partial charge is 0.298 e. The minimum Gasteiger partial charge on any atom is -0.298 e. The molecule has 5 nitrogen and oxygen atoms in total. The van der Waals surface area contributed by atoms with E-state index in [1.165, 1.54) is 22.7 Å². The van der Waals surface area contributed by atoms with Crippen LogP contribution in [0.25, 0.3) is 6.08 Å². The molecule has 0 aliphatic carbocycles. The van der Waals surface area contributed by atoms with E-state index in [2.05, 4.69) is 20.8 Å². The minimum absolute atomic E-state index is 0.247. The summed E-state index contributed by atoms with van der Waals surface area (Å²) >= 11 is 3.14. The lowest BCUT2D eigenvalue weighted by molar-refractivity contribution is -0.115. The van der Waals surface area contributed by atoms with Crippen LogP contribution in [0.4, 0.5) is 5.69 Å². The van der Waals surface area contributed by atoms with Gasteiger partial charge in [0.05, 0.1) is 5.69 Å². The van der Waals surface area contributed by atoms with Gasteiger partial charge in [0.2, 0.25) is 0 Å². The second-order valence-corrected chi connectivity index (χ2v) is 5.83. The number of thioether (sulfide) groups is 2. The standard InChI is InChI=1S/C15H16N4OS2/c1-21-13-6-4-12(5-7-13)18-19-14(20)8-3-11-9-16-15(22-2)17-10-11/h3-10,18H,1-2H3,(H,19,20)/b8-3+. The molecule has 0 bridgehead atoms. The Morgan fingerprint density at radius 1 is 1.09 bits per heavy atom. The summed E-state index contributed by atoms with van der Waals surface area (Å²) in [4.78, 5) is 21.2. The number of nitrogens with zero attached hydrogens (tertiary/aromatic N) is 2. The second kappa shape index (κ2) is 8.45. The monoisotopic (exact) mass is 332 g/mol. The van der Waals surface area contributed by atoms with Crippen LogP contribution in [-0.2, 0) is 4.79 Å². The molecule has 1 aromatic heterocycles. The molecule has 7 heteroatoms. The van der Waals surface area contributed by atoms with Gasteiger partial charge in [-0.25, -0.2) is 9.97 Å². The van der Waals surface area contributed by atoms with Gasteiger partial charge in [-0.15, -0.1) is 11.8 Å². The van der Waals surface area contributed by atoms with Gasteiger partial charge in [0, 0.05) is 28.9 Å². The lowest BCUT2D eigenvalue weighted by Crippen LogP contribution is -2.27. The average molecular weight is 332 g/mol. The van der Waals surface area contributed by atoms with Crippen LogP contribution in [0, 0.1) is 0 Å². The van der Waals surface area contributed by atoms with E-state index in [9.17, 15) is 4.79 Å². The number of carbonyl (C=O) groups excluding carboxylic acids is 1. The summed E-state index contributed by atoms with van der Waals surface area (Å²) in [6.45, 7) is 0.